The Balaban J connectivity index is 2.35. The summed E-state index contributed by atoms with van der Waals surface area (Å²) < 4.78 is 10.5. The Bertz CT molecular complexity index is 569. The van der Waals surface area contributed by atoms with Crippen LogP contribution in [0.25, 0.3) is 0 Å². The molecule has 1 aromatic rings. The summed E-state index contributed by atoms with van der Waals surface area (Å²) in [6.07, 6.45) is -7.45. The van der Waals surface area contributed by atoms with E-state index in [9.17, 15) is 15.3 Å². The normalized spacial score (nSPS) is 31.3. The van der Waals surface area contributed by atoms with E-state index in [-0.39, 0.29) is 30.9 Å². The summed E-state index contributed by atoms with van der Waals surface area (Å²) >= 11 is 29.6. The van der Waals surface area contributed by atoms with E-state index in [1.54, 1.807) is 0 Å². The van der Waals surface area contributed by atoms with Crippen molar-refractivity contribution >= 4 is 58.0 Å². The Morgan fingerprint density at radius 2 is 1.26 bits per heavy atom. The van der Waals surface area contributed by atoms with Gasteiger partial charge in [0.2, 0.25) is 6.29 Å². The molecule has 1 saturated heterocycles. The largest absolute Gasteiger partial charge is 0.459 e. The number of aliphatic hydroxyl groups excluding tert-OH is 4. The first-order valence-electron chi connectivity index (χ1n) is 6.19. The van der Waals surface area contributed by atoms with Gasteiger partial charge in [-0.05, 0) is 0 Å². The van der Waals surface area contributed by atoms with E-state index >= 15 is 0 Å². The minimum absolute atomic E-state index is 0.0792. The SMILES string of the molecule is OC[C@H]1O[C@@H](Oc2c(Cl)c(Cl)c(Cl)c(Cl)c2Cl)[C@H](O)[C@@H](O)[C@@H]1O. The highest BCUT2D eigenvalue weighted by Gasteiger charge is 2.45. The third kappa shape index (κ3) is 3.62. The smallest absolute Gasteiger partial charge is 0.229 e. The van der Waals surface area contributed by atoms with Crippen molar-refractivity contribution in [2.75, 3.05) is 6.61 Å². The number of aliphatic hydroxyl groups is 4. The van der Waals surface area contributed by atoms with Crippen LogP contribution in [0.4, 0.5) is 0 Å². The summed E-state index contributed by atoms with van der Waals surface area (Å²) in [5.74, 6) is -0.225. The molecule has 5 atom stereocenters. The molecule has 0 bridgehead atoms. The van der Waals surface area contributed by atoms with E-state index in [1.165, 1.54) is 0 Å². The van der Waals surface area contributed by atoms with Crippen molar-refractivity contribution < 1.29 is 29.9 Å². The van der Waals surface area contributed by atoms with E-state index < -0.39 is 37.3 Å². The number of benzene rings is 1. The zero-order valence-corrected chi connectivity index (χ0v) is 14.9. The van der Waals surface area contributed by atoms with Crippen molar-refractivity contribution in [2.45, 2.75) is 30.7 Å². The second kappa shape index (κ2) is 7.66. The fraction of sp³-hybridized carbons (Fsp3) is 0.500. The summed E-state index contributed by atoms with van der Waals surface area (Å²) in [5, 5.41) is 37.8. The van der Waals surface area contributed by atoms with Crippen LogP contribution in [0.15, 0.2) is 0 Å². The number of hydrogen-bond donors (Lipinski definition) is 4. The van der Waals surface area contributed by atoms with Gasteiger partial charge in [-0.15, -0.1) is 0 Å². The summed E-state index contributed by atoms with van der Waals surface area (Å²) in [7, 11) is 0. The molecule has 2 rings (SSSR count). The maximum Gasteiger partial charge on any atom is 0.229 e. The number of hydrogen-bond acceptors (Lipinski definition) is 6. The summed E-state index contributed by atoms with van der Waals surface area (Å²) in [5.41, 5.74) is 0. The molecule has 0 saturated carbocycles. The van der Waals surface area contributed by atoms with Gasteiger partial charge in [0.05, 0.1) is 21.7 Å². The fourth-order valence-corrected chi connectivity index (χ4v) is 3.18. The van der Waals surface area contributed by atoms with Crippen LogP contribution in [0.2, 0.25) is 25.1 Å². The summed E-state index contributed by atoms with van der Waals surface area (Å²) in [6.45, 7) is -0.617. The van der Waals surface area contributed by atoms with Gasteiger partial charge in [0.25, 0.3) is 0 Å². The molecule has 0 amide bonds. The Labute approximate surface area is 156 Å². The molecule has 23 heavy (non-hydrogen) atoms. The van der Waals surface area contributed by atoms with Gasteiger partial charge in [0.1, 0.15) is 34.5 Å². The van der Waals surface area contributed by atoms with Crippen LogP contribution in [0.3, 0.4) is 0 Å². The molecular weight excluding hydrogens is 417 g/mol. The van der Waals surface area contributed by atoms with Gasteiger partial charge < -0.3 is 29.9 Å². The van der Waals surface area contributed by atoms with Crippen molar-refractivity contribution in [2.24, 2.45) is 0 Å². The fourth-order valence-electron chi connectivity index (χ4n) is 1.97. The van der Waals surface area contributed by atoms with Crippen LogP contribution in [0.1, 0.15) is 0 Å². The minimum atomic E-state index is -1.65. The van der Waals surface area contributed by atoms with E-state index in [4.69, 9.17) is 72.6 Å². The van der Waals surface area contributed by atoms with Crippen molar-refractivity contribution in [1.29, 1.82) is 0 Å². The maximum absolute atomic E-state index is 9.94. The zero-order chi connectivity index (χ0) is 17.5. The van der Waals surface area contributed by atoms with Gasteiger partial charge in [0, 0.05) is 0 Å². The van der Waals surface area contributed by atoms with E-state index in [1.807, 2.05) is 0 Å². The lowest BCUT2D eigenvalue weighted by atomic mass is 9.99. The zero-order valence-electron chi connectivity index (χ0n) is 11.1. The van der Waals surface area contributed by atoms with Crippen LogP contribution in [0.5, 0.6) is 5.75 Å². The van der Waals surface area contributed by atoms with Crippen molar-refractivity contribution in [3.8, 4) is 5.75 Å². The highest BCUT2D eigenvalue weighted by atomic mass is 35.5. The molecule has 1 fully saturated rings. The summed E-state index contributed by atoms with van der Waals surface area (Å²) in [4.78, 5) is 0. The number of ether oxygens (including phenoxy) is 2. The lowest BCUT2D eigenvalue weighted by Crippen LogP contribution is -2.60. The Kier molecular flexibility index (Phi) is 6.52. The second-order valence-electron chi connectivity index (χ2n) is 4.71. The Morgan fingerprint density at radius 1 is 0.783 bits per heavy atom. The molecule has 11 heteroatoms. The molecule has 1 aliphatic heterocycles. The average molecular weight is 428 g/mol. The van der Waals surface area contributed by atoms with Gasteiger partial charge in [0.15, 0.2) is 5.75 Å². The third-order valence-electron chi connectivity index (χ3n) is 3.25. The van der Waals surface area contributed by atoms with Gasteiger partial charge in [-0.25, -0.2) is 0 Å². The third-order valence-corrected chi connectivity index (χ3v) is 5.49. The summed E-state index contributed by atoms with van der Waals surface area (Å²) in [6, 6.07) is 0. The van der Waals surface area contributed by atoms with Gasteiger partial charge in [-0.2, -0.15) is 0 Å². The highest BCUT2D eigenvalue weighted by molar-refractivity contribution is 6.55. The second-order valence-corrected chi connectivity index (χ2v) is 6.60. The first kappa shape index (κ1) is 19.6. The molecule has 4 N–H and O–H groups in total. The standard InChI is InChI=1S/C12H11Cl5O6/c13-3-4(14)6(16)11(7(17)5(3)15)23-12-10(21)9(20)8(19)2(1-18)22-12/h2,8-10,12,18-21H,1H2/t2-,8-,9+,10-,12+/m1/s1. The number of halogens is 5. The van der Waals surface area contributed by atoms with Crippen LogP contribution in [-0.2, 0) is 4.74 Å². The molecule has 0 radical (unpaired) electrons. The van der Waals surface area contributed by atoms with Crippen molar-refractivity contribution in [3.05, 3.63) is 25.1 Å². The van der Waals surface area contributed by atoms with Gasteiger partial charge >= 0.3 is 0 Å². The van der Waals surface area contributed by atoms with Crippen LogP contribution in [0, 0.1) is 0 Å². The average Bonchev–Trinajstić information content (AvgIpc) is 2.54. The van der Waals surface area contributed by atoms with Gasteiger partial charge in [-0.3, -0.25) is 0 Å². The highest BCUT2D eigenvalue weighted by Crippen LogP contribution is 2.48. The number of rotatable bonds is 3. The van der Waals surface area contributed by atoms with E-state index in [0.717, 1.165) is 0 Å². The van der Waals surface area contributed by atoms with Crippen LogP contribution >= 0.6 is 58.0 Å². The molecule has 1 aromatic carbocycles. The quantitative estimate of drug-likeness (QED) is 0.435. The molecule has 0 spiro atoms. The first-order valence-corrected chi connectivity index (χ1v) is 8.08. The predicted molar refractivity (Wildman–Crippen MR) is 85.9 cm³/mol. The monoisotopic (exact) mass is 426 g/mol. The molecule has 0 unspecified atom stereocenters. The van der Waals surface area contributed by atoms with E-state index in [0.29, 0.717) is 0 Å². The van der Waals surface area contributed by atoms with Crippen molar-refractivity contribution in [3.63, 3.8) is 0 Å². The van der Waals surface area contributed by atoms with Crippen LogP contribution < -0.4 is 4.74 Å². The molecule has 0 aliphatic carbocycles. The molecular formula is C12H11Cl5O6. The minimum Gasteiger partial charge on any atom is -0.459 e. The first-order chi connectivity index (χ1) is 10.7. The van der Waals surface area contributed by atoms with Crippen molar-refractivity contribution in [1.82, 2.24) is 0 Å². The lowest BCUT2D eigenvalue weighted by Gasteiger charge is -2.39. The Morgan fingerprint density at radius 3 is 1.74 bits per heavy atom. The lowest BCUT2D eigenvalue weighted by molar-refractivity contribution is -0.277. The molecule has 1 aliphatic rings. The van der Waals surface area contributed by atoms with Crippen LogP contribution in [-0.4, -0.2) is 57.7 Å². The maximum atomic E-state index is 9.94. The molecule has 0 aromatic heterocycles. The van der Waals surface area contributed by atoms with E-state index in [2.05, 4.69) is 0 Å². The molecule has 6 nitrogen and oxygen atoms in total. The van der Waals surface area contributed by atoms with Gasteiger partial charge in [-0.1, -0.05) is 58.0 Å². The molecule has 130 valence electrons. The Hall–Kier alpha value is 0.270. The molecule has 1 heterocycles. The topological polar surface area (TPSA) is 99.4 Å². The predicted octanol–water partition coefficient (Wildman–Crippen LogP) is 2.13.